The summed E-state index contributed by atoms with van der Waals surface area (Å²) in [5.74, 6) is 6.47. The lowest BCUT2D eigenvalue weighted by Gasteiger charge is -2.15. The van der Waals surface area contributed by atoms with Gasteiger partial charge in [-0.05, 0) is 42.7 Å². The molecule has 1 fully saturated rings. The molecule has 12 nitrogen and oxygen atoms in total. The van der Waals surface area contributed by atoms with Gasteiger partial charge in [0.1, 0.15) is 11.4 Å². The lowest BCUT2D eigenvalue weighted by Crippen LogP contribution is -2.34. The number of carbonyl (C=O) groups excluding carboxylic acids is 1. The van der Waals surface area contributed by atoms with E-state index in [1.54, 1.807) is 47.6 Å². The molecule has 3 N–H and O–H groups in total. The van der Waals surface area contributed by atoms with Crippen LogP contribution in [0.4, 0.5) is 10.7 Å². The first kappa shape index (κ1) is 22.9. The minimum atomic E-state index is -1.15. The summed E-state index contributed by atoms with van der Waals surface area (Å²) in [7, 11) is 0. The summed E-state index contributed by atoms with van der Waals surface area (Å²) in [6, 6.07) is 8.44. The molecule has 5 rings (SSSR count). The third-order valence-electron chi connectivity index (χ3n) is 5.54. The number of anilines is 1. The number of hydrogen-bond donors (Lipinski definition) is 3. The zero-order valence-electron chi connectivity index (χ0n) is 18.9. The first-order chi connectivity index (χ1) is 17.5. The number of nitrogens with one attached hydrogen (secondary N) is 1. The van der Waals surface area contributed by atoms with Gasteiger partial charge in [0.2, 0.25) is 11.9 Å². The molecule has 1 aromatic carbocycles. The number of nitrogens with zero attached hydrogens (tertiary/aromatic N) is 7. The summed E-state index contributed by atoms with van der Waals surface area (Å²) in [5.41, 5.74) is 2.08. The Balaban J connectivity index is 1.30. The van der Waals surface area contributed by atoms with Crippen LogP contribution in [-0.4, -0.2) is 82.6 Å². The maximum Gasteiger partial charge on any atom is 0.432 e. The Kier molecular flexibility index (Phi) is 6.21. The maximum atomic E-state index is 12.3. The predicted octanol–water partition coefficient (Wildman–Crippen LogP) is 1.21. The topological polar surface area (TPSA) is 159 Å². The standard InChI is InChI=1S/C24H20N8O4/c33-18-7-10-31(14-18)21(34)13-27-23-26-9-6-19(30-23)22-25-8-5-17(29-22)3-1-15-2-4-20-16(11-15)12-28-32(20)24(35)36/h2,4-6,8-9,11-12,18,33H,7,10,13-14H2,(H,35,36)(H,26,27,30)/t18-/m0/s1. The van der Waals surface area contributed by atoms with Crippen molar-refractivity contribution in [3.05, 3.63) is 60.2 Å². The number of aliphatic hydroxyl groups excluding tert-OH is 1. The first-order valence-corrected chi connectivity index (χ1v) is 11.1. The Morgan fingerprint density at radius 1 is 1.11 bits per heavy atom. The molecule has 180 valence electrons. The zero-order valence-corrected chi connectivity index (χ0v) is 18.9. The van der Waals surface area contributed by atoms with Crippen LogP contribution in [0.3, 0.4) is 0 Å². The van der Waals surface area contributed by atoms with E-state index in [1.165, 1.54) is 6.20 Å². The van der Waals surface area contributed by atoms with Crippen molar-refractivity contribution in [2.24, 2.45) is 0 Å². The van der Waals surface area contributed by atoms with Crippen molar-refractivity contribution in [1.82, 2.24) is 34.6 Å². The Hall–Kier alpha value is -4.89. The van der Waals surface area contributed by atoms with Gasteiger partial charge in [0, 0.05) is 36.4 Å². The highest BCUT2D eigenvalue weighted by atomic mass is 16.4. The van der Waals surface area contributed by atoms with Crippen LogP contribution in [0.25, 0.3) is 22.4 Å². The van der Waals surface area contributed by atoms with Gasteiger partial charge in [-0.2, -0.15) is 9.78 Å². The molecule has 1 saturated heterocycles. The van der Waals surface area contributed by atoms with Gasteiger partial charge < -0.3 is 20.4 Å². The molecule has 1 aliphatic rings. The highest BCUT2D eigenvalue weighted by Gasteiger charge is 2.24. The van der Waals surface area contributed by atoms with Crippen molar-refractivity contribution < 1.29 is 19.8 Å². The number of carboxylic acid groups (broad SMARTS) is 1. The lowest BCUT2D eigenvalue weighted by molar-refractivity contribution is -0.128. The second kappa shape index (κ2) is 9.77. The minimum absolute atomic E-state index is 0.0122. The lowest BCUT2D eigenvalue weighted by atomic mass is 10.1. The summed E-state index contributed by atoms with van der Waals surface area (Å²) in [6.07, 6.45) is 3.55. The van der Waals surface area contributed by atoms with Crippen molar-refractivity contribution in [2.75, 3.05) is 25.0 Å². The Morgan fingerprint density at radius 2 is 1.97 bits per heavy atom. The van der Waals surface area contributed by atoms with Crippen LogP contribution >= 0.6 is 0 Å². The monoisotopic (exact) mass is 484 g/mol. The molecule has 0 bridgehead atoms. The van der Waals surface area contributed by atoms with Gasteiger partial charge in [0.25, 0.3) is 0 Å². The maximum absolute atomic E-state index is 12.3. The Morgan fingerprint density at radius 3 is 2.78 bits per heavy atom. The molecule has 0 unspecified atom stereocenters. The number of amides is 1. The van der Waals surface area contributed by atoms with E-state index in [2.05, 4.69) is 42.2 Å². The quantitative estimate of drug-likeness (QED) is 0.359. The van der Waals surface area contributed by atoms with Crippen molar-refractivity contribution in [2.45, 2.75) is 12.5 Å². The number of aliphatic hydroxyl groups is 1. The minimum Gasteiger partial charge on any atom is -0.463 e. The number of β-amino-alcohol motifs (C(OH)–C–C–N with tert-alkyl or cyclic N) is 1. The third-order valence-corrected chi connectivity index (χ3v) is 5.54. The largest absolute Gasteiger partial charge is 0.463 e. The second-order valence-electron chi connectivity index (χ2n) is 8.03. The van der Waals surface area contributed by atoms with Gasteiger partial charge in [-0.3, -0.25) is 4.79 Å². The molecule has 3 aromatic heterocycles. The van der Waals surface area contributed by atoms with E-state index < -0.39 is 12.2 Å². The number of hydrogen-bond acceptors (Lipinski definition) is 9. The van der Waals surface area contributed by atoms with Crippen LogP contribution in [0.1, 0.15) is 17.7 Å². The molecule has 1 amide bonds. The Bertz CT molecular complexity index is 1520. The van der Waals surface area contributed by atoms with Crippen LogP contribution in [0.5, 0.6) is 0 Å². The number of fused-ring (bicyclic) bond motifs is 1. The van der Waals surface area contributed by atoms with Gasteiger partial charge in [-0.15, -0.1) is 0 Å². The van der Waals surface area contributed by atoms with Crippen LogP contribution in [-0.2, 0) is 4.79 Å². The highest BCUT2D eigenvalue weighted by molar-refractivity contribution is 5.87. The van der Waals surface area contributed by atoms with Gasteiger partial charge in [-0.25, -0.2) is 24.7 Å². The number of aromatic nitrogens is 6. The average Bonchev–Trinajstić information content (AvgIpc) is 3.52. The van der Waals surface area contributed by atoms with Crippen molar-refractivity contribution in [1.29, 1.82) is 0 Å². The van der Waals surface area contributed by atoms with E-state index in [1.807, 2.05) is 0 Å². The van der Waals surface area contributed by atoms with Crippen LogP contribution in [0.2, 0.25) is 0 Å². The smallest absolute Gasteiger partial charge is 0.432 e. The van der Waals surface area contributed by atoms with Gasteiger partial charge in [0.15, 0.2) is 5.82 Å². The molecule has 12 heteroatoms. The number of benzene rings is 1. The molecule has 0 radical (unpaired) electrons. The first-order valence-electron chi connectivity index (χ1n) is 11.1. The average molecular weight is 484 g/mol. The molecule has 0 spiro atoms. The summed E-state index contributed by atoms with van der Waals surface area (Å²) < 4.78 is 0.904. The van der Waals surface area contributed by atoms with E-state index in [0.29, 0.717) is 53.2 Å². The van der Waals surface area contributed by atoms with Crippen molar-refractivity contribution in [3.63, 3.8) is 0 Å². The fourth-order valence-electron chi connectivity index (χ4n) is 3.75. The highest BCUT2D eigenvalue weighted by Crippen LogP contribution is 2.16. The summed E-state index contributed by atoms with van der Waals surface area (Å²) >= 11 is 0. The molecule has 1 aliphatic heterocycles. The fourth-order valence-corrected chi connectivity index (χ4v) is 3.75. The van der Waals surface area contributed by atoms with Crippen LogP contribution < -0.4 is 5.32 Å². The molecule has 0 saturated carbocycles. The fraction of sp³-hybridized carbons (Fsp3) is 0.208. The van der Waals surface area contributed by atoms with Crippen LogP contribution in [0.15, 0.2) is 48.9 Å². The van der Waals surface area contributed by atoms with E-state index >= 15 is 0 Å². The van der Waals surface area contributed by atoms with Gasteiger partial charge in [0.05, 0.1) is 24.4 Å². The zero-order chi connectivity index (χ0) is 25.1. The van der Waals surface area contributed by atoms with Gasteiger partial charge >= 0.3 is 6.09 Å². The van der Waals surface area contributed by atoms with Gasteiger partial charge in [-0.1, -0.05) is 5.92 Å². The molecule has 1 atom stereocenters. The summed E-state index contributed by atoms with van der Waals surface area (Å²) in [4.78, 5) is 42.3. The molecule has 4 aromatic rings. The van der Waals surface area contributed by atoms with Crippen LogP contribution in [0, 0.1) is 11.8 Å². The molecular formula is C24H20N8O4. The number of rotatable bonds is 4. The molecule has 4 heterocycles. The Labute approximate surface area is 204 Å². The third kappa shape index (κ3) is 4.96. The summed E-state index contributed by atoms with van der Waals surface area (Å²) in [5, 5.41) is 26.2. The second-order valence-corrected chi connectivity index (χ2v) is 8.03. The molecular weight excluding hydrogens is 464 g/mol. The number of likely N-dealkylation sites (tertiary alicyclic amines) is 1. The normalized spacial score (nSPS) is 14.9. The van der Waals surface area contributed by atoms with E-state index in [-0.39, 0.29) is 18.4 Å². The van der Waals surface area contributed by atoms with Crippen molar-refractivity contribution >= 4 is 28.9 Å². The molecule has 36 heavy (non-hydrogen) atoms. The van der Waals surface area contributed by atoms with E-state index in [9.17, 15) is 14.7 Å². The molecule has 0 aliphatic carbocycles. The van der Waals surface area contributed by atoms with E-state index in [4.69, 9.17) is 5.11 Å². The SMILES string of the molecule is O=C(CNc1nccc(-c2nccc(C#Cc3ccc4c(cnn4C(=O)O)c3)n2)n1)N1CC[C@H](O)C1. The number of carbonyl (C=O) groups is 2. The van der Waals surface area contributed by atoms with Crippen molar-refractivity contribution in [3.8, 4) is 23.4 Å². The predicted molar refractivity (Wildman–Crippen MR) is 128 cm³/mol. The van der Waals surface area contributed by atoms with E-state index in [0.717, 1.165) is 4.68 Å². The summed E-state index contributed by atoms with van der Waals surface area (Å²) in [6.45, 7) is 0.880.